The van der Waals surface area contributed by atoms with Crippen LogP contribution in [0.15, 0.2) is 54.1 Å². The van der Waals surface area contributed by atoms with Gasteiger partial charge in [-0.1, -0.05) is 0 Å². The Kier molecular flexibility index (Phi) is 8.87. The fraction of sp³-hybridized carbons (Fsp3) is 0.462. The summed E-state index contributed by atoms with van der Waals surface area (Å²) in [6, 6.07) is 7.22. The summed E-state index contributed by atoms with van der Waals surface area (Å²) >= 11 is 1.65. The van der Waals surface area contributed by atoms with Gasteiger partial charge in [0.05, 0.1) is 18.8 Å². The molecule has 1 saturated heterocycles. The minimum absolute atomic E-state index is 0.0178. The molecule has 1 fully saturated rings. The van der Waals surface area contributed by atoms with E-state index in [0.29, 0.717) is 24.2 Å². The summed E-state index contributed by atoms with van der Waals surface area (Å²) in [7, 11) is 1.59. The van der Waals surface area contributed by atoms with Crippen LogP contribution in [0.5, 0.6) is 5.75 Å². The Morgan fingerprint density at radius 3 is 2.91 bits per heavy atom. The molecule has 9 heteroatoms. The molecule has 3 aromatic rings. The number of carboxylic acids is 1. The van der Waals surface area contributed by atoms with Crippen LogP contribution in [0.2, 0.25) is 0 Å². The van der Waals surface area contributed by atoms with Gasteiger partial charge in [-0.15, -0.1) is 11.8 Å². The zero-order chi connectivity index (χ0) is 24.6. The number of carboxylic acid groups (broad SMARTS) is 1. The maximum Gasteiger partial charge on any atom is 0.303 e. The maximum atomic E-state index is 15.4. The SMILES string of the molecule is COc1ccc2nccc(C(F)CC[C@@H]3CCN(CCSc4cnccn4)C[C@@H]3CC(=O)O)c2c1. The van der Waals surface area contributed by atoms with Gasteiger partial charge >= 0.3 is 5.97 Å². The van der Waals surface area contributed by atoms with Gasteiger partial charge in [0.15, 0.2) is 0 Å². The minimum Gasteiger partial charge on any atom is -0.497 e. The normalized spacial score (nSPS) is 19.5. The fourth-order valence-electron chi connectivity index (χ4n) is 4.90. The molecule has 0 bridgehead atoms. The van der Waals surface area contributed by atoms with Gasteiger partial charge in [-0.2, -0.15) is 0 Å². The van der Waals surface area contributed by atoms with Gasteiger partial charge in [-0.25, -0.2) is 9.37 Å². The number of ether oxygens (including phenoxy) is 1. The number of pyridine rings is 1. The first-order valence-corrected chi connectivity index (χ1v) is 12.9. The molecule has 3 atom stereocenters. The first-order valence-electron chi connectivity index (χ1n) is 11.9. The van der Waals surface area contributed by atoms with Crippen molar-refractivity contribution in [1.29, 1.82) is 0 Å². The van der Waals surface area contributed by atoms with Crippen molar-refractivity contribution in [1.82, 2.24) is 19.9 Å². The Labute approximate surface area is 209 Å². The lowest BCUT2D eigenvalue weighted by atomic mass is 9.79. The third-order valence-corrected chi connectivity index (χ3v) is 7.61. The molecule has 186 valence electrons. The number of aliphatic carboxylic acids is 1. The Morgan fingerprint density at radius 2 is 2.14 bits per heavy atom. The number of thioether (sulfide) groups is 1. The van der Waals surface area contributed by atoms with Crippen molar-refractivity contribution in [2.75, 3.05) is 32.5 Å². The van der Waals surface area contributed by atoms with Crippen molar-refractivity contribution in [2.24, 2.45) is 11.8 Å². The molecular weight excluding hydrogens is 467 g/mol. The molecule has 1 aromatic carbocycles. The van der Waals surface area contributed by atoms with Crippen LogP contribution in [0.1, 0.15) is 37.4 Å². The summed E-state index contributed by atoms with van der Waals surface area (Å²) in [5, 5.41) is 11.1. The first-order chi connectivity index (χ1) is 17.0. The molecule has 0 radical (unpaired) electrons. The van der Waals surface area contributed by atoms with Crippen LogP contribution < -0.4 is 4.74 Å². The van der Waals surface area contributed by atoms with Crippen LogP contribution in [0.25, 0.3) is 10.9 Å². The van der Waals surface area contributed by atoms with Gasteiger partial charge in [-0.05, 0) is 67.5 Å². The fourth-order valence-corrected chi connectivity index (χ4v) is 5.73. The van der Waals surface area contributed by atoms with Crippen molar-refractivity contribution < 1.29 is 19.0 Å². The number of methoxy groups -OCH3 is 1. The molecule has 1 aliphatic heterocycles. The monoisotopic (exact) mass is 498 g/mol. The van der Waals surface area contributed by atoms with Crippen LogP contribution in [0, 0.1) is 11.8 Å². The number of carbonyl (C=O) groups is 1. The van der Waals surface area contributed by atoms with Gasteiger partial charge in [0, 0.05) is 49.2 Å². The topological polar surface area (TPSA) is 88.4 Å². The Balaban J connectivity index is 1.35. The van der Waals surface area contributed by atoms with E-state index in [2.05, 4.69) is 19.9 Å². The number of alkyl halides is 1. The lowest BCUT2D eigenvalue weighted by Crippen LogP contribution is -2.42. The van der Waals surface area contributed by atoms with E-state index in [1.807, 2.05) is 18.2 Å². The van der Waals surface area contributed by atoms with E-state index in [1.54, 1.807) is 49.7 Å². The van der Waals surface area contributed by atoms with E-state index in [4.69, 9.17) is 4.74 Å². The van der Waals surface area contributed by atoms with Crippen molar-refractivity contribution in [3.63, 3.8) is 0 Å². The van der Waals surface area contributed by atoms with Gasteiger partial charge in [0.2, 0.25) is 0 Å². The molecule has 0 saturated carbocycles. The number of nitrogens with zero attached hydrogens (tertiary/aromatic N) is 4. The summed E-state index contributed by atoms with van der Waals surface area (Å²) in [5.41, 5.74) is 1.35. The number of fused-ring (bicyclic) bond motifs is 1. The van der Waals surface area contributed by atoms with E-state index in [1.165, 1.54) is 0 Å². The van der Waals surface area contributed by atoms with Gasteiger partial charge in [0.25, 0.3) is 0 Å². The number of hydrogen-bond donors (Lipinski definition) is 1. The summed E-state index contributed by atoms with van der Waals surface area (Å²) in [6.45, 7) is 2.49. The molecule has 0 amide bonds. The van der Waals surface area contributed by atoms with Crippen LogP contribution in [0.4, 0.5) is 4.39 Å². The molecule has 0 spiro atoms. The average Bonchev–Trinajstić information content (AvgIpc) is 2.87. The second-order valence-electron chi connectivity index (χ2n) is 8.93. The number of piperidine rings is 1. The quantitative estimate of drug-likeness (QED) is 0.368. The smallest absolute Gasteiger partial charge is 0.303 e. The Morgan fingerprint density at radius 1 is 1.26 bits per heavy atom. The van der Waals surface area contributed by atoms with Gasteiger partial charge in [0.1, 0.15) is 16.9 Å². The second kappa shape index (κ2) is 12.3. The highest BCUT2D eigenvalue weighted by Crippen LogP contribution is 2.36. The molecule has 1 aliphatic rings. The highest BCUT2D eigenvalue weighted by molar-refractivity contribution is 7.99. The third-order valence-electron chi connectivity index (χ3n) is 6.72. The lowest BCUT2D eigenvalue weighted by Gasteiger charge is -2.38. The summed E-state index contributed by atoms with van der Waals surface area (Å²) < 4.78 is 20.7. The summed E-state index contributed by atoms with van der Waals surface area (Å²) in [5.74, 6) is 0.958. The molecule has 35 heavy (non-hydrogen) atoms. The van der Waals surface area contributed by atoms with Gasteiger partial charge < -0.3 is 14.7 Å². The van der Waals surface area contributed by atoms with Crippen LogP contribution in [0.3, 0.4) is 0 Å². The Bertz CT molecular complexity index is 1120. The molecule has 4 rings (SSSR count). The molecule has 1 unspecified atom stereocenters. The van der Waals surface area contributed by atoms with Crippen LogP contribution in [-0.2, 0) is 4.79 Å². The van der Waals surface area contributed by atoms with Crippen LogP contribution >= 0.6 is 11.8 Å². The Hall–Kier alpha value is -2.78. The van der Waals surface area contributed by atoms with Crippen LogP contribution in [-0.4, -0.2) is 63.4 Å². The van der Waals surface area contributed by atoms with Crippen molar-refractivity contribution in [3.05, 3.63) is 54.6 Å². The number of halogens is 1. The number of aromatic nitrogens is 3. The second-order valence-corrected chi connectivity index (χ2v) is 10.0. The first kappa shape index (κ1) is 25.3. The standard InChI is InChI=1S/C26H31FN4O3S/c1-34-20-3-5-24-22(15-20)21(6-8-29-24)23(27)4-2-18-7-11-31(17-19(18)14-26(32)33)12-13-35-25-16-28-9-10-30-25/h3,5-6,8-10,15-16,18-19,23H,2,4,7,11-14,17H2,1H3,(H,32,33)/t18-,19+,23?/m1/s1. The predicted molar refractivity (Wildman–Crippen MR) is 134 cm³/mol. The highest BCUT2D eigenvalue weighted by atomic mass is 32.2. The number of benzene rings is 1. The van der Waals surface area contributed by atoms with Crippen molar-refractivity contribution in [2.45, 2.75) is 36.9 Å². The molecule has 0 aliphatic carbocycles. The largest absolute Gasteiger partial charge is 0.497 e. The lowest BCUT2D eigenvalue weighted by molar-refractivity contribution is -0.139. The zero-order valence-electron chi connectivity index (χ0n) is 19.8. The molecular formula is C26H31FN4O3S. The number of hydrogen-bond acceptors (Lipinski definition) is 7. The number of likely N-dealkylation sites (tertiary alicyclic amines) is 1. The van der Waals surface area contributed by atoms with Crippen molar-refractivity contribution >= 4 is 28.6 Å². The molecule has 1 N–H and O–H groups in total. The molecule has 2 aromatic heterocycles. The predicted octanol–water partition coefficient (Wildman–Crippen LogP) is 5.03. The van der Waals surface area contributed by atoms with E-state index in [-0.39, 0.29) is 18.3 Å². The van der Waals surface area contributed by atoms with E-state index in [0.717, 1.165) is 47.7 Å². The molecule has 3 heterocycles. The van der Waals surface area contributed by atoms with E-state index >= 15 is 4.39 Å². The highest BCUT2D eigenvalue weighted by Gasteiger charge is 2.31. The molecule has 7 nitrogen and oxygen atoms in total. The third kappa shape index (κ3) is 6.89. The minimum atomic E-state index is -1.14. The summed E-state index contributed by atoms with van der Waals surface area (Å²) in [6.07, 6.45) is 7.60. The number of rotatable bonds is 11. The average molecular weight is 499 g/mol. The van der Waals surface area contributed by atoms with E-state index in [9.17, 15) is 9.90 Å². The van der Waals surface area contributed by atoms with Crippen molar-refractivity contribution in [3.8, 4) is 5.75 Å². The van der Waals surface area contributed by atoms with E-state index < -0.39 is 12.1 Å². The van der Waals surface area contributed by atoms with Gasteiger partial charge in [-0.3, -0.25) is 14.8 Å². The maximum absolute atomic E-state index is 15.4. The zero-order valence-corrected chi connectivity index (χ0v) is 20.7. The summed E-state index contributed by atoms with van der Waals surface area (Å²) in [4.78, 5) is 26.6.